The Bertz CT molecular complexity index is 764. The first-order chi connectivity index (χ1) is 14.9. The Morgan fingerprint density at radius 2 is 1.45 bits per heavy atom. The lowest BCUT2D eigenvalue weighted by Crippen LogP contribution is -2.37. The third-order valence-corrected chi connectivity index (χ3v) is 6.39. The predicted octanol–water partition coefficient (Wildman–Crippen LogP) is 6.84. The molecule has 1 atom stereocenters. The molecule has 0 radical (unpaired) electrons. The van der Waals surface area contributed by atoms with Gasteiger partial charge < -0.3 is 4.90 Å². The van der Waals surface area contributed by atoms with Crippen LogP contribution in [0.1, 0.15) is 57.1 Å². The summed E-state index contributed by atoms with van der Waals surface area (Å²) in [7, 11) is 0. The molecule has 0 N–H and O–H groups in total. The highest BCUT2D eigenvalue weighted by Gasteiger charge is 2.27. The molecular formula is C27H38ClFN2. The molecule has 2 aliphatic heterocycles. The second kappa shape index (κ2) is 12.0. The first kappa shape index (κ1) is 24.2. The fraction of sp³-hybridized carbons (Fsp3) is 0.556. The van der Waals surface area contributed by atoms with Gasteiger partial charge in [0.1, 0.15) is 5.82 Å². The molecule has 170 valence electrons. The standard InChI is InChI=1S/C23H28ClFN2.C4H10/c24-22-5-1-18(2-6-22)15-27-12-9-19(17-27)16-26-13-10-21(11-14-26)20-3-7-23(25)8-4-20;1-4(2)3/h1-8,19,21H,9-17H2;4H,1-3H3. The summed E-state index contributed by atoms with van der Waals surface area (Å²) in [5.41, 5.74) is 2.64. The van der Waals surface area contributed by atoms with Crippen LogP contribution in [0.25, 0.3) is 0 Å². The second-order valence-electron chi connectivity index (χ2n) is 9.87. The number of benzene rings is 2. The van der Waals surface area contributed by atoms with Crippen molar-refractivity contribution in [3.8, 4) is 0 Å². The van der Waals surface area contributed by atoms with E-state index in [1.165, 1.54) is 50.0 Å². The maximum atomic E-state index is 13.1. The molecule has 0 aromatic heterocycles. The molecule has 0 spiro atoms. The predicted molar refractivity (Wildman–Crippen MR) is 130 cm³/mol. The summed E-state index contributed by atoms with van der Waals surface area (Å²) in [6.45, 7) is 13.5. The van der Waals surface area contributed by atoms with Gasteiger partial charge >= 0.3 is 0 Å². The third-order valence-electron chi connectivity index (χ3n) is 6.13. The van der Waals surface area contributed by atoms with Crippen LogP contribution in [0, 0.1) is 17.7 Å². The molecule has 0 saturated carbocycles. The van der Waals surface area contributed by atoms with Crippen molar-refractivity contribution in [1.29, 1.82) is 0 Å². The average molecular weight is 445 g/mol. The summed E-state index contributed by atoms with van der Waals surface area (Å²) in [4.78, 5) is 5.20. The van der Waals surface area contributed by atoms with Gasteiger partial charge in [-0.25, -0.2) is 4.39 Å². The van der Waals surface area contributed by atoms with Crippen LogP contribution in [-0.2, 0) is 6.54 Å². The van der Waals surface area contributed by atoms with E-state index >= 15 is 0 Å². The summed E-state index contributed by atoms with van der Waals surface area (Å²) in [6.07, 6.45) is 3.67. The average Bonchev–Trinajstić information content (AvgIpc) is 3.17. The molecule has 2 heterocycles. The van der Waals surface area contributed by atoms with Crippen LogP contribution in [-0.4, -0.2) is 42.5 Å². The number of likely N-dealkylation sites (tertiary alicyclic amines) is 2. The zero-order valence-electron chi connectivity index (χ0n) is 19.4. The van der Waals surface area contributed by atoms with Crippen LogP contribution in [0.3, 0.4) is 0 Å². The molecule has 2 aromatic carbocycles. The van der Waals surface area contributed by atoms with Gasteiger partial charge in [0.2, 0.25) is 0 Å². The zero-order chi connectivity index (χ0) is 22.2. The Morgan fingerprint density at radius 1 is 0.871 bits per heavy atom. The van der Waals surface area contributed by atoms with Gasteiger partial charge in [-0.3, -0.25) is 4.90 Å². The van der Waals surface area contributed by atoms with E-state index in [4.69, 9.17) is 11.6 Å². The van der Waals surface area contributed by atoms with Crippen molar-refractivity contribution in [1.82, 2.24) is 9.80 Å². The summed E-state index contributed by atoms with van der Waals surface area (Å²) in [5.74, 6) is 2.06. The first-order valence-corrected chi connectivity index (χ1v) is 12.2. The van der Waals surface area contributed by atoms with Gasteiger partial charge in [0, 0.05) is 24.7 Å². The number of nitrogens with zero attached hydrogens (tertiary/aromatic N) is 2. The maximum absolute atomic E-state index is 13.1. The van der Waals surface area contributed by atoms with E-state index in [0.717, 1.165) is 36.5 Å². The highest BCUT2D eigenvalue weighted by Crippen LogP contribution is 2.29. The Kier molecular flexibility index (Phi) is 9.37. The second-order valence-corrected chi connectivity index (χ2v) is 10.3. The molecule has 2 aliphatic rings. The molecule has 2 nitrogen and oxygen atoms in total. The molecule has 2 aromatic rings. The molecule has 2 fully saturated rings. The van der Waals surface area contributed by atoms with Gasteiger partial charge in [0.25, 0.3) is 0 Å². The summed E-state index contributed by atoms with van der Waals surface area (Å²) in [6, 6.07) is 15.3. The first-order valence-electron chi connectivity index (χ1n) is 11.8. The van der Waals surface area contributed by atoms with Gasteiger partial charge in [-0.2, -0.15) is 0 Å². The summed E-state index contributed by atoms with van der Waals surface area (Å²) < 4.78 is 13.1. The van der Waals surface area contributed by atoms with E-state index < -0.39 is 0 Å². The third kappa shape index (κ3) is 8.21. The Balaban J connectivity index is 0.000000628. The van der Waals surface area contributed by atoms with Crippen molar-refractivity contribution in [2.24, 2.45) is 11.8 Å². The summed E-state index contributed by atoms with van der Waals surface area (Å²) in [5, 5.41) is 0.807. The lowest BCUT2D eigenvalue weighted by Gasteiger charge is -2.33. The number of halogens is 2. The molecular weight excluding hydrogens is 407 g/mol. The van der Waals surface area contributed by atoms with Crippen molar-refractivity contribution >= 4 is 11.6 Å². The van der Waals surface area contributed by atoms with Crippen LogP contribution in [0.2, 0.25) is 5.02 Å². The number of hydrogen-bond donors (Lipinski definition) is 0. The normalized spacial score (nSPS) is 20.6. The minimum Gasteiger partial charge on any atom is -0.303 e. The summed E-state index contributed by atoms with van der Waals surface area (Å²) >= 11 is 5.98. The zero-order valence-corrected chi connectivity index (χ0v) is 20.1. The van der Waals surface area contributed by atoms with Gasteiger partial charge in [0.05, 0.1) is 0 Å². The van der Waals surface area contributed by atoms with Crippen LogP contribution in [0.15, 0.2) is 48.5 Å². The van der Waals surface area contributed by atoms with Crippen LogP contribution < -0.4 is 0 Å². The van der Waals surface area contributed by atoms with Gasteiger partial charge in [-0.05, 0) is 92.0 Å². The highest BCUT2D eigenvalue weighted by atomic mass is 35.5. The van der Waals surface area contributed by atoms with Crippen molar-refractivity contribution in [3.05, 3.63) is 70.5 Å². The van der Waals surface area contributed by atoms with Crippen molar-refractivity contribution < 1.29 is 4.39 Å². The van der Waals surface area contributed by atoms with Crippen molar-refractivity contribution in [3.63, 3.8) is 0 Å². The van der Waals surface area contributed by atoms with E-state index in [2.05, 4.69) is 42.7 Å². The SMILES string of the molecule is CC(C)C.Fc1ccc(C2CCN(CC3CCN(Cc4ccc(Cl)cc4)C3)CC2)cc1. The molecule has 0 aliphatic carbocycles. The van der Waals surface area contributed by atoms with Crippen molar-refractivity contribution in [2.75, 3.05) is 32.7 Å². The molecule has 4 heteroatoms. The van der Waals surface area contributed by atoms with E-state index in [9.17, 15) is 4.39 Å². The lowest BCUT2D eigenvalue weighted by molar-refractivity contribution is 0.181. The number of rotatable bonds is 5. The van der Waals surface area contributed by atoms with Gasteiger partial charge in [0.15, 0.2) is 0 Å². The maximum Gasteiger partial charge on any atom is 0.123 e. The van der Waals surface area contributed by atoms with Gasteiger partial charge in [-0.1, -0.05) is 56.6 Å². The smallest absolute Gasteiger partial charge is 0.123 e. The van der Waals surface area contributed by atoms with Crippen LogP contribution in [0.5, 0.6) is 0 Å². The molecule has 31 heavy (non-hydrogen) atoms. The quantitative estimate of drug-likeness (QED) is 0.497. The van der Waals surface area contributed by atoms with Crippen LogP contribution >= 0.6 is 11.6 Å². The van der Waals surface area contributed by atoms with E-state index in [1.54, 1.807) is 12.1 Å². The van der Waals surface area contributed by atoms with Crippen LogP contribution in [0.4, 0.5) is 4.39 Å². The molecule has 0 amide bonds. The van der Waals surface area contributed by atoms with E-state index in [0.29, 0.717) is 5.92 Å². The number of hydrogen-bond acceptors (Lipinski definition) is 2. The highest BCUT2D eigenvalue weighted by molar-refractivity contribution is 6.30. The van der Waals surface area contributed by atoms with Gasteiger partial charge in [-0.15, -0.1) is 0 Å². The minimum absolute atomic E-state index is 0.138. The lowest BCUT2D eigenvalue weighted by atomic mass is 9.89. The van der Waals surface area contributed by atoms with Crippen molar-refractivity contribution in [2.45, 2.75) is 52.5 Å². The fourth-order valence-corrected chi connectivity index (χ4v) is 4.73. The topological polar surface area (TPSA) is 6.48 Å². The molecule has 4 rings (SSSR count). The Morgan fingerprint density at radius 3 is 2.06 bits per heavy atom. The van der Waals surface area contributed by atoms with E-state index in [-0.39, 0.29) is 5.82 Å². The molecule has 1 unspecified atom stereocenters. The monoisotopic (exact) mass is 444 g/mol. The number of piperidine rings is 1. The fourth-order valence-electron chi connectivity index (χ4n) is 4.60. The minimum atomic E-state index is -0.138. The van der Waals surface area contributed by atoms with E-state index in [1.807, 2.05) is 24.3 Å². The Hall–Kier alpha value is -1.42. The Labute approximate surface area is 193 Å². The molecule has 0 bridgehead atoms. The largest absolute Gasteiger partial charge is 0.303 e. The molecule has 2 saturated heterocycles.